The molecule has 0 heterocycles. The number of sulfonamides is 1. The van der Waals surface area contributed by atoms with Crippen molar-refractivity contribution < 1.29 is 22.4 Å². The van der Waals surface area contributed by atoms with Crippen molar-refractivity contribution in [2.24, 2.45) is 0 Å². The van der Waals surface area contributed by atoms with Crippen molar-refractivity contribution in [3.05, 3.63) is 95.8 Å². The molecule has 218 valence electrons. The third kappa shape index (κ3) is 7.73. The van der Waals surface area contributed by atoms with E-state index in [1.165, 1.54) is 29.2 Å². The normalized spacial score (nSPS) is 14.7. The van der Waals surface area contributed by atoms with E-state index in [0.717, 1.165) is 59.7 Å². The molecule has 3 aromatic rings. The monoisotopic (exact) mass is 579 g/mol. The number of nitrogens with zero attached hydrogens (tertiary/aromatic N) is 2. The van der Waals surface area contributed by atoms with Crippen LogP contribution < -0.4 is 9.62 Å². The molecule has 2 amide bonds. The van der Waals surface area contributed by atoms with Crippen LogP contribution in [-0.2, 0) is 26.2 Å². The summed E-state index contributed by atoms with van der Waals surface area (Å²) in [4.78, 5) is 29.2. The van der Waals surface area contributed by atoms with E-state index in [4.69, 9.17) is 0 Å². The van der Waals surface area contributed by atoms with E-state index in [9.17, 15) is 22.4 Å². The first-order valence-electron chi connectivity index (χ1n) is 14.2. The number of hydrogen-bond donors (Lipinski definition) is 1. The molecule has 0 spiro atoms. The lowest BCUT2D eigenvalue weighted by Crippen LogP contribution is -2.54. The van der Waals surface area contributed by atoms with Gasteiger partial charge < -0.3 is 10.2 Å². The molecule has 1 atom stereocenters. The highest BCUT2D eigenvalue weighted by Crippen LogP contribution is 2.25. The Labute approximate surface area is 242 Å². The number of anilines is 1. The summed E-state index contributed by atoms with van der Waals surface area (Å²) in [7, 11) is -4.19. The molecule has 1 fully saturated rings. The molecule has 0 radical (unpaired) electrons. The SMILES string of the molecule is CC[C@@H](C(=O)NC1CCCCC1)N(Cc1cccc(C)c1)C(=O)CN(c1ccc(F)cc1)S(=O)(=O)c1ccccc1. The highest BCUT2D eigenvalue weighted by molar-refractivity contribution is 7.92. The van der Waals surface area contributed by atoms with Crippen LogP contribution >= 0.6 is 0 Å². The lowest BCUT2D eigenvalue weighted by atomic mass is 9.95. The van der Waals surface area contributed by atoms with E-state index in [1.807, 2.05) is 38.1 Å². The summed E-state index contributed by atoms with van der Waals surface area (Å²) in [5, 5.41) is 3.14. The van der Waals surface area contributed by atoms with Gasteiger partial charge in [0.15, 0.2) is 0 Å². The summed E-state index contributed by atoms with van der Waals surface area (Å²) >= 11 is 0. The highest BCUT2D eigenvalue weighted by atomic mass is 32.2. The van der Waals surface area contributed by atoms with Gasteiger partial charge in [0.25, 0.3) is 10.0 Å². The molecular weight excluding hydrogens is 541 g/mol. The summed E-state index contributed by atoms with van der Waals surface area (Å²) < 4.78 is 42.4. The van der Waals surface area contributed by atoms with Crippen LogP contribution in [0.4, 0.5) is 10.1 Å². The zero-order valence-electron chi connectivity index (χ0n) is 23.6. The largest absolute Gasteiger partial charge is 0.352 e. The average molecular weight is 580 g/mol. The van der Waals surface area contributed by atoms with Gasteiger partial charge in [-0.05, 0) is 68.1 Å². The quantitative estimate of drug-likeness (QED) is 0.321. The van der Waals surface area contributed by atoms with Gasteiger partial charge in [-0.15, -0.1) is 0 Å². The molecule has 0 aromatic heterocycles. The fourth-order valence-electron chi connectivity index (χ4n) is 5.33. The zero-order chi connectivity index (χ0) is 29.4. The summed E-state index contributed by atoms with van der Waals surface area (Å²) in [5.74, 6) is -1.29. The van der Waals surface area contributed by atoms with E-state index < -0.39 is 34.3 Å². The maximum absolute atomic E-state index is 14.1. The van der Waals surface area contributed by atoms with Crippen molar-refractivity contribution in [3.63, 3.8) is 0 Å². The van der Waals surface area contributed by atoms with E-state index in [-0.39, 0.29) is 29.1 Å². The van der Waals surface area contributed by atoms with Crippen LogP contribution in [0, 0.1) is 12.7 Å². The molecule has 1 aliphatic carbocycles. The smallest absolute Gasteiger partial charge is 0.264 e. The minimum absolute atomic E-state index is 0.00411. The van der Waals surface area contributed by atoms with E-state index in [2.05, 4.69) is 5.32 Å². The molecule has 0 saturated heterocycles. The summed E-state index contributed by atoms with van der Waals surface area (Å²) in [6.07, 6.45) is 5.42. The lowest BCUT2D eigenvalue weighted by Gasteiger charge is -2.34. The van der Waals surface area contributed by atoms with Gasteiger partial charge in [0.1, 0.15) is 18.4 Å². The van der Waals surface area contributed by atoms with Crippen LogP contribution in [0.2, 0.25) is 0 Å². The molecule has 1 aliphatic rings. The first-order chi connectivity index (χ1) is 19.7. The van der Waals surface area contributed by atoms with Crippen LogP contribution in [0.1, 0.15) is 56.6 Å². The molecule has 0 bridgehead atoms. The molecule has 3 aromatic carbocycles. The number of amides is 2. The molecule has 4 rings (SSSR count). The summed E-state index contributed by atoms with van der Waals surface area (Å²) in [6, 6.07) is 19.7. The van der Waals surface area contributed by atoms with Gasteiger partial charge in [-0.25, -0.2) is 12.8 Å². The Morgan fingerprint density at radius 1 is 0.951 bits per heavy atom. The molecule has 7 nitrogen and oxygen atoms in total. The van der Waals surface area contributed by atoms with Gasteiger partial charge in [-0.3, -0.25) is 13.9 Å². The number of aryl methyl sites for hydroxylation is 1. The van der Waals surface area contributed by atoms with E-state index >= 15 is 0 Å². The average Bonchev–Trinajstić information content (AvgIpc) is 2.97. The third-order valence-corrected chi connectivity index (χ3v) is 9.29. The zero-order valence-corrected chi connectivity index (χ0v) is 24.4. The van der Waals surface area contributed by atoms with Crippen LogP contribution in [0.5, 0.6) is 0 Å². The van der Waals surface area contributed by atoms with Crippen LogP contribution in [-0.4, -0.2) is 43.8 Å². The number of carbonyl (C=O) groups excluding carboxylic acids is 2. The molecule has 9 heteroatoms. The maximum Gasteiger partial charge on any atom is 0.264 e. The summed E-state index contributed by atoms with van der Waals surface area (Å²) in [5.41, 5.74) is 1.99. The van der Waals surface area contributed by atoms with Gasteiger partial charge in [-0.2, -0.15) is 0 Å². The predicted octanol–water partition coefficient (Wildman–Crippen LogP) is 5.59. The van der Waals surface area contributed by atoms with Crippen molar-refractivity contribution in [3.8, 4) is 0 Å². The summed E-state index contributed by atoms with van der Waals surface area (Å²) in [6.45, 7) is 3.38. The molecule has 0 aliphatic heterocycles. The van der Waals surface area contributed by atoms with E-state index in [1.54, 1.807) is 18.2 Å². The van der Waals surface area contributed by atoms with Crippen LogP contribution in [0.15, 0.2) is 83.8 Å². The number of benzene rings is 3. The number of carbonyl (C=O) groups is 2. The Morgan fingerprint density at radius 2 is 1.63 bits per heavy atom. The Morgan fingerprint density at radius 3 is 2.27 bits per heavy atom. The van der Waals surface area contributed by atoms with Gasteiger partial charge in [0.2, 0.25) is 11.8 Å². The Hall–Kier alpha value is -3.72. The first-order valence-corrected chi connectivity index (χ1v) is 15.6. The predicted molar refractivity (Wildman–Crippen MR) is 158 cm³/mol. The maximum atomic E-state index is 14.1. The second kappa shape index (κ2) is 13.8. The second-order valence-electron chi connectivity index (χ2n) is 10.6. The fourth-order valence-corrected chi connectivity index (χ4v) is 6.76. The molecule has 41 heavy (non-hydrogen) atoms. The molecular formula is C32H38FN3O4S. The van der Waals surface area contributed by atoms with Gasteiger partial charge in [0.05, 0.1) is 10.6 Å². The number of hydrogen-bond acceptors (Lipinski definition) is 4. The lowest BCUT2D eigenvalue weighted by molar-refractivity contribution is -0.140. The molecule has 1 saturated carbocycles. The van der Waals surface area contributed by atoms with Crippen molar-refractivity contribution in [2.75, 3.05) is 10.8 Å². The number of halogens is 1. The standard InChI is InChI=1S/C32H38FN3O4S/c1-3-30(32(38)34-27-13-6-4-7-14-27)35(22-25-12-10-11-24(2)21-25)31(37)23-36(28-19-17-26(33)18-20-28)41(39,40)29-15-8-5-9-16-29/h5,8-12,15-21,27,30H,3-4,6-7,13-14,22-23H2,1-2H3,(H,34,38)/t30-/m0/s1. The van der Waals surface area contributed by atoms with Gasteiger partial charge >= 0.3 is 0 Å². The molecule has 1 N–H and O–H groups in total. The van der Waals surface area contributed by atoms with Gasteiger partial charge in [-0.1, -0.05) is 74.2 Å². The number of rotatable bonds is 11. The third-order valence-electron chi connectivity index (χ3n) is 7.50. The van der Waals surface area contributed by atoms with Crippen molar-refractivity contribution in [1.82, 2.24) is 10.2 Å². The Kier molecular flexibility index (Phi) is 10.2. The van der Waals surface area contributed by atoms with Crippen LogP contribution in [0.3, 0.4) is 0 Å². The second-order valence-corrected chi connectivity index (χ2v) is 12.4. The Balaban J connectivity index is 1.69. The van der Waals surface area contributed by atoms with Crippen molar-refractivity contribution in [1.29, 1.82) is 0 Å². The van der Waals surface area contributed by atoms with Crippen molar-refractivity contribution in [2.45, 2.75) is 75.9 Å². The van der Waals surface area contributed by atoms with Crippen molar-refractivity contribution >= 4 is 27.5 Å². The minimum atomic E-state index is -4.19. The first kappa shape index (κ1) is 30.2. The van der Waals surface area contributed by atoms with Gasteiger partial charge in [0, 0.05) is 12.6 Å². The Bertz CT molecular complexity index is 1420. The number of nitrogens with one attached hydrogen (secondary N) is 1. The van der Waals surface area contributed by atoms with Crippen LogP contribution in [0.25, 0.3) is 0 Å². The van der Waals surface area contributed by atoms with E-state index in [0.29, 0.717) is 6.42 Å². The minimum Gasteiger partial charge on any atom is -0.352 e. The molecule has 0 unspecified atom stereocenters. The topological polar surface area (TPSA) is 86.8 Å². The highest BCUT2D eigenvalue weighted by Gasteiger charge is 2.34. The fraction of sp³-hybridized carbons (Fsp3) is 0.375.